The number of carboxylic acid groups (broad SMARTS) is 1. The van der Waals surface area contributed by atoms with Crippen LogP contribution in [0.2, 0.25) is 0 Å². The molecule has 0 aliphatic rings. The molecule has 154 valence electrons. The highest BCUT2D eigenvalue weighted by Crippen LogP contribution is 2.29. The van der Waals surface area contributed by atoms with Crippen molar-refractivity contribution in [2.75, 3.05) is 10.6 Å². The summed E-state index contributed by atoms with van der Waals surface area (Å²) < 4.78 is 0. The lowest BCUT2D eigenvalue weighted by Gasteiger charge is -2.10. The predicted molar refractivity (Wildman–Crippen MR) is 121 cm³/mol. The quantitative estimate of drug-likeness (QED) is 0.270. The van der Waals surface area contributed by atoms with Gasteiger partial charge >= 0.3 is 5.97 Å². The molecule has 0 aliphatic heterocycles. The van der Waals surface area contributed by atoms with Crippen LogP contribution in [0, 0.1) is 0 Å². The topological polar surface area (TPSA) is 119 Å². The van der Waals surface area contributed by atoms with E-state index in [1.54, 1.807) is 12.4 Å². The molecule has 8 nitrogen and oxygen atoms in total. The lowest BCUT2D eigenvalue weighted by atomic mass is 10.1. The largest absolute Gasteiger partial charge is 0.481 e. The summed E-state index contributed by atoms with van der Waals surface area (Å²) in [6.45, 7) is 0.633. The monoisotopic (exact) mass is 412 g/mol. The highest BCUT2D eigenvalue weighted by Gasteiger charge is 2.12. The third-order valence-corrected chi connectivity index (χ3v) is 5.12. The van der Waals surface area contributed by atoms with Crippen molar-refractivity contribution in [2.24, 2.45) is 0 Å². The summed E-state index contributed by atoms with van der Waals surface area (Å²) in [6, 6.07) is 15.8. The zero-order chi connectivity index (χ0) is 21.2. The van der Waals surface area contributed by atoms with Gasteiger partial charge in [0.05, 0.1) is 12.1 Å². The molecule has 0 spiro atoms. The first-order valence-corrected chi connectivity index (χ1v) is 9.86. The molecule has 5 aromatic rings. The molecule has 5 rings (SSSR count). The molecule has 31 heavy (non-hydrogen) atoms. The number of aromatic amines is 2. The number of aliphatic carboxylic acids is 1. The normalized spacial score (nSPS) is 11.1. The number of anilines is 3. The summed E-state index contributed by atoms with van der Waals surface area (Å²) in [5, 5.41) is 17.7. The first-order chi connectivity index (χ1) is 15.2. The van der Waals surface area contributed by atoms with Gasteiger partial charge in [-0.25, -0.2) is 4.98 Å². The minimum atomic E-state index is -0.879. The van der Waals surface area contributed by atoms with Crippen molar-refractivity contribution in [1.29, 1.82) is 0 Å². The van der Waals surface area contributed by atoms with Crippen molar-refractivity contribution in [3.05, 3.63) is 78.2 Å². The SMILES string of the molecule is O=C(O)Cc1c[nH]c2cccc(Nc3nccc(NCc4ccc5[nH]ccc5c4)n3)c12. The maximum absolute atomic E-state index is 11.2. The van der Waals surface area contributed by atoms with Gasteiger partial charge in [0.25, 0.3) is 0 Å². The Kier molecular flexibility index (Phi) is 4.72. The Labute approximate surface area is 177 Å². The number of nitrogens with one attached hydrogen (secondary N) is 4. The second-order valence-corrected chi connectivity index (χ2v) is 7.26. The van der Waals surface area contributed by atoms with E-state index in [9.17, 15) is 9.90 Å². The second-order valence-electron chi connectivity index (χ2n) is 7.26. The van der Waals surface area contributed by atoms with E-state index in [2.05, 4.69) is 48.8 Å². The van der Waals surface area contributed by atoms with Crippen LogP contribution in [-0.2, 0) is 17.8 Å². The Balaban J connectivity index is 1.35. The van der Waals surface area contributed by atoms with Gasteiger partial charge in [0.15, 0.2) is 0 Å². The summed E-state index contributed by atoms with van der Waals surface area (Å²) >= 11 is 0. The average Bonchev–Trinajstić information content (AvgIpc) is 3.39. The molecule has 2 aromatic carbocycles. The van der Waals surface area contributed by atoms with Crippen LogP contribution in [0.1, 0.15) is 11.1 Å². The number of aromatic nitrogens is 4. The Morgan fingerprint density at radius 1 is 1.06 bits per heavy atom. The van der Waals surface area contributed by atoms with Gasteiger partial charge in [0.1, 0.15) is 5.82 Å². The van der Waals surface area contributed by atoms with Gasteiger partial charge in [0, 0.05) is 41.6 Å². The van der Waals surface area contributed by atoms with Crippen molar-refractivity contribution in [3.8, 4) is 0 Å². The number of rotatable bonds is 7. The first-order valence-electron chi connectivity index (χ1n) is 9.86. The predicted octanol–water partition coefficient (Wildman–Crippen LogP) is 4.42. The van der Waals surface area contributed by atoms with Crippen molar-refractivity contribution in [3.63, 3.8) is 0 Å². The van der Waals surface area contributed by atoms with E-state index in [1.165, 1.54) is 5.39 Å². The van der Waals surface area contributed by atoms with E-state index in [1.807, 2.05) is 36.5 Å². The van der Waals surface area contributed by atoms with Gasteiger partial charge < -0.3 is 25.7 Å². The third-order valence-electron chi connectivity index (χ3n) is 5.12. The van der Waals surface area contributed by atoms with Crippen molar-refractivity contribution in [2.45, 2.75) is 13.0 Å². The fourth-order valence-corrected chi connectivity index (χ4v) is 3.71. The molecule has 8 heteroatoms. The molecule has 3 aromatic heterocycles. The van der Waals surface area contributed by atoms with E-state index >= 15 is 0 Å². The van der Waals surface area contributed by atoms with Gasteiger partial charge in [-0.15, -0.1) is 0 Å². The Hall–Kier alpha value is -4.33. The van der Waals surface area contributed by atoms with Crippen LogP contribution >= 0.6 is 0 Å². The highest BCUT2D eigenvalue weighted by atomic mass is 16.4. The molecule has 0 atom stereocenters. The minimum Gasteiger partial charge on any atom is -0.481 e. The van der Waals surface area contributed by atoms with E-state index < -0.39 is 5.97 Å². The molecule has 0 aliphatic carbocycles. The zero-order valence-corrected chi connectivity index (χ0v) is 16.5. The maximum Gasteiger partial charge on any atom is 0.307 e. The Morgan fingerprint density at radius 3 is 2.90 bits per heavy atom. The molecule has 0 saturated heterocycles. The molecule has 3 heterocycles. The van der Waals surface area contributed by atoms with Gasteiger partial charge in [0.2, 0.25) is 5.95 Å². The summed E-state index contributed by atoms with van der Waals surface area (Å²) in [6.07, 6.45) is 5.27. The fraction of sp³-hybridized carbons (Fsp3) is 0.0870. The maximum atomic E-state index is 11.2. The number of fused-ring (bicyclic) bond motifs is 2. The van der Waals surface area contributed by atoms with Crippen LogP contribution in [0.3, 0.4) is 0 Å². The van der Waals surface area contributed by atoms with Crippen LogP contribution in [0.5, 0.6) is 0 Å². The second kappa shape index (κ2) is 7.83. The lowest BCUT2D eigenvalue weighted by Crippen LogP contribution is -2.05. The van der Waals surface area contributed by atoms with E-state index in [4.69, 9.17) is 0 Å². The Morgan fingerprint density at radius 2 is 2.00 bits per heavy atom. The standard InChI is InChI=1S/C23H20N6O2/c30-21(31)11-16-13-26-18-2-1-3-19(22(16)18)28-23-25-9-7-20(29-23)27-12-14-4-5-17-15(10-14)6-8-24-17/h1-10,13,24,26H,11-12H2,(H,30,31)(H2,25,27,28,29). The molecular formula is C23H20N6O2. The van der Waals surface area contributed by atoms with E-state index in [0.29, 0.717) is 23.9 Å². The van der Waals surface area contributed by atoms with Gasteiger partial charge in [-0.1, -0.05) is 12.1 Å². The summed E-state index contributed by atoms with van der Waals surface area (Å²) in [4.78, 5) is 26.4. The van der Waals surface area contributed by atoms with Crippen LogP contribution in [0.25, 0.3) is 21.8 Å². The number of benzene rings is 2. The Bertz CT molecular complexity index is 1390. The van der Waals surface area contributed by atoms with Gasteiger partial charge in [-0.2, -0.15) is 4.98 Å². The minimum absolute atomic E-state index is 0.0629. The van der Waals surface area contributed by atoms with Crippen LogP contribution in [-0.4, -0.2) is 31.0 Å². The van der Waals surface area contributed by atoms with E-state index in [0.717, 1.165) is 27.7 Å². The molecule has 0 radical (unpaired) electrons. The fourth-order valence-electron chi connectivity index (χ4n) is 3.71. The summed E-state index contributed by atoms with van der Waals surface area (Å²) in [5.41, 5.74) is 4.58. The summed E-state index contributed by atoms with van der Waals surface area (Å²) in [7, 11) is 0. The smallest absolute Gasteiger partial charge is 0.307 e. The molecule has 5 N–H and O–H groups in total. The van der Waals surface area contributed by atoms with Crippen molar-refractivity contribution in [1.82, 2.24) is 19.9 Å². The van der Waals surface area contributed by atoms with E-state index in [-0.39, 0.29) is 6.42 Å². The average molecular weight is 412 g/mol. The highest BCUT2D eigenvalue weighted by molar-refractivity contribution is 5.97. The molecule has 0 amide bonds. The molecule has 0 unspecified atom stereocenters. The number of hydrogen-bond acceptors (Lipinski definition) is 5. The number of carbonyl (C=O) groups is 1. The van der Waals surface area contributed by atoms with Crippen LogP contribution in [0.4, 0.5) is 17.5 Å². The lowest BCUT2D eigenvalue weighted by molar-refractivity contribution is -0.136. The number of hydrogen-bond donors (Lipinski definition) is 5. The summed E-state index contributed by atoms with van der Waals surface area (Å²) in [5.74, 6) is 0.246. The number of nitrogens with zero attached hydrogens (tertiary/aromatic N) is 2. The number of H-pyrrole nitrogens is 2. The molecule has 0 saturated carbocycles. The molecular weight excluding hydrogens is 392 g/mol. The van der Waals surface area contributed by atoms with Gasteiger partial charge in [-0.3, -0.25) is 4.79 Å². The van der Waals surface area contributed by atoms with Crippen molar-refractivity contribution < 1.29 is 9.90 Å². The molecule has 0 fully saturated rings. The first kappa shape index (κ1) is 18.7. The number of carboxylic acids is 1. The van der Waals surface area contributed by atoms with Crippen LogP contribution in [0.15, 0.2) is 67.1 Å². The third kappa shape index (κ3) is 3.91. The zero-order valence-electron chi connectivity index (χ0n) is 16.5. The molecule has 0 bridgehead atoms. The van der Waals surface area contributed by atoms with Gasteiger partial charge in [-0.05, 0) is 52.9 Å². The van der Waals surface area contributed by atoms with Crippen molar-refractivity contribution >= 4 is 45.2 Å². The van der Waals surface area contributed by atoms with Crippen LogP contribution < -0.4 is 10.6 Å².